The Morgan fingerprint density at radius 3 is 2.94 bits per heavy atom. The Bertz CT molecular complexity index is 421. The van der Waals surface area contributed by atoms with E-state index >= 15 is 0 Å². The zero-order valence-corrected chi connectivity index (χ0v) is 11.6. The molecule has 0 spiro atoms. The molecule has 2 aliphatic rings. The highest BCUT2D eigenvalue weighted by Gasteiger charge is 2.24. The maximum atomic E-state index is 3.67. The lowest BCUT2D eigenvalue weighted by Crippen LogP contribution is -2.39. The Hall–Kier alpha value is -1.02. The lowest BCUT2D eigenvalue weighted by Gasteiger charge is -2.33. The molecule has 1 heterocycles. The number of fused-ring (bicyclic) bond motifs is 1. The quantitative estimate of drug-likeness (QED) is 0.879. The van der Waals surface area contributed by atoms with Crippen molar-refractivity contribution < 1.29 is 0 Å². The number of nitrogens with zero attached hydrogens (tertiary/aromatic N) is 1. The van der Waals surface area contributed by atoms with Crippen LogP contribution in [0.15, 0.2) is 18.2 Å². The number of rotatable bonds is 3. The minimum Gasteiger partial charge on any atom is -0.374 e. The number of benzene rings is 1. The Morgan fingerprint density at radius 2 is 2.17 bits per heavy atom. The molecule has 18 heavy (non-hydrogen) atoms. The van der Waals surface area contributed by atoms with Crippen molar-refractivity contribution in [2.24, 2.45) is 5.92 Å². The van der Waals surface area contributed by atoms with Crippen LogP contribution in [0.25, 0.3) is 0 Å². The minimum atomic E-state index is 0.763. The second-order valence-electron chi connectivity index (χ2n) is 6.14. The monoisotopic (exact) mass is 244 g/mol. The molecule has 1 saturated carbocycles. The van der Waals surface area contributed by atoms with Crippen LogP contribution >= 0.6 is 0 Å². The summed E-state index contributed by atoms with van der Waals surface area (Å²) >= 11 is 0. The molecule has 0 amide bonds. The van der Waals surface area contributed by atoms with E-state index in [2.05, 4.69) is 42.4 Å². The minimum absolute atomic E-state index is 0.763. The van der Waals surface area contributed by atoms with Crippen molar-refractivity contribution in [1.29, 1.82) is 0 Å². The fourth-order valence-corrected chi connectivity index (χ4v) is 3.28. The SMILES string of the molecule is CC1CC(NCc2ccc3c(c2)CCCN3C)C1. The summed E-state index contributed by atoms with van der Waals surface area (Å²) in [6.45, 7) is 4.58. The molecule has 0 saturated heterocycles. The van der Waals surface area contributed by atoms with E-state index in [-0.39, 0.29) is 0 Å². The Balaban J connectivity index is 1.63. The predicted octanol–water partition coefficient (Wildman–Crippen LogP) is 2.96. The van der Waals surface area contributed by atoms with E-state index in [1.807, 2.05) is 0 Å². The first-order chi connectivity index (χ1) is 8.72. The van der Waals surface area contributed by atoms with E-state index < -0.39 is 0 Å². The highest BCUT2D eigenvalue weighted by atomic mass is 15.1. The molecule has 2 heteroatoms. The van der Waals surface area contributed by atoms with Crippen LogP contribution in [-0.2, 0) is 13.0 Å². The average molecular weight is 244 g/mol. The van der Waals surface area contributed by atoms with E-state index in [9.17, 15) is 0 Å². The van der Waals surface area contributed by atoms with E-state index in [4.69, 9.17) is 0 Å². The summed E-state index contributed by atoms with van der Waals surface area (Å²) < 4.78 is 0. The van der Waals surface area contributed by atoms with E-state index in [0.717, 1.165) is 18.5 Å². The van der Waals surface area contributed by atoms with Crippen molar-refractivity contribution in [3.05, 3.63) is 29.3 Å². The zero-order chi connectivity index (χ0) is 12.5. The number of aryl methyl sites for hydroxylation is 1. The molecule has 98 valence electrons. The van der Waals surface area contributed by atoms with Gasteiger partial charge in [0.2, 0.25) is 0 Å². The molecule has 2 nitrogen and oxygen atoms in total. The van der Waals surface area contributed by atoms with Crippen molar-refractivity contribution in [2.75, 3.05) is 18.5 Å². The van der Waals surface area contributed by atoms with Crippen molar-refractivity contribution in [3.8, 4) is 0 Å². The molecule has 3 rings (SSSR count). The van der Waals surface area contributed by atoms with Gasteiger partial charge >= 0.3 is 0 Å². The van der Waals surface area contributed by atoms with Gasteiger partial charge in [0.1, 0.15) is 0 Å². The van der Waals surface area contributed by atoms with Gasteiger partial charge in [0.15, 0.2) is 0 Å². The average Bonchev–Trinajstić information content (AvgIpc) is 2.33. The number of hydrogen-bond donors (Lipinski definition) is 1. The molecule has 1 aromatic carbocycles. The van der Waals surface area contributed by atoms with Gasteiger partial charge in [-0.3, -0.25) is 0 Å². The first kappa shape index (κ1) is 12.0. The van der Waals surface area contributed by atoms with Gasteiger partial charge in [0.05, 0.1) is 0 Å². The first-order valence-electron chi connectivity index (χ1n) is 7.28. The summed E-state index contributed by atoms with van der Waals surface area (Å²) in [5.74, 6) is 0.930. The Morgan fingerprint density at radius 1 is 1.33 bits per heavy atom. The fraction of sp³-hybridized carbons (Fsp3) is 0.625. The molecule has 0 aromatic heterocycles. The molecular weight excluding hydrogens is 220 g/mol. The molecule has 1 aliphatic carbocycles. The van der Waals surface area contributed by atoms with E-state index in [1.165, 1.54) is 49.0 Å². The molecule has 0 radical (unpaired) electrons. The lowest BCUT2D eigenvalue weighted by molar-refractivity contribution is 0.240. The maximum Gasteiger partial charge on any atom is 0.0396 e. The van der Waals surface area contributed by atoms with Gasteiger partial charge in [0.25, 0.3) is 0 Å². The Kier molecular flexibility index (Phi) is 3.29. The smallest absolute Gasteiger partial charge is 0.0396 e. The first-order valence-corrected chi connectivity index (χ1v) is 7.28. The molecular formula is C16H24N2. The number of anilines is 1. The summed E-state index contributed by atoms with van der Waals surface area (Å²) in [4.78, 5) is 2.38. The van der Waals surface area contributed by atoms with E-state index in [1.54, 1.807) is 0 Å². The summed E-state index contributed by atoms with van der Waals surface area (Å²) in [6, 6.07) is 7.75. The third-order valence-corrected chi connectivity index (χ3v) is 4.46. The third kappa shape index (κ3) is 2.39. The summed E-state index contributed by atoms with van der Waals surface area (Å²) in [6.07, 6.45) is 5.25. The van der Waals surface area contributed by atoms with Gasteiger partial charge in [-0.05, 0) is 48.8 Å². The highest BCUT2D eigenvalue weighted by molar-refractivity contribution is 5.56. The number of nitrogens with one attached hydrogen (secondary N) is 1. The highest BCUT2D eigenvalue weighted by Crippen LogP contribution is 2.28. The normalized spacial score (nSPS) is 26.7. The molecule has 1 aliphatic heterocycles. The predicted molar refractivity (Wildman–Crippen MR) is 77.1 cm³/mol. The maximum absolute atomic E-state index is 3.67. The zero-order valence-electron chi connectivity index (χ0n) is 11.6. The molecule has 1 N–H and O–H groups in total. The van der Waals surface area contributed by atoms with Crippen LogP contribution in [0.1, 0.15) is 37.3 Å². The van der Waals surface area contributed by atoms with Crippen LogP contribution in [-0.4, -0.2) is 19.6 Å². The van der Waals surface area contributed by atoms with Gasteiger partial charge in [-0.2, -0.15) is 0 Å². The Labute approximate surface area is 110 Å². The van der Waals surface area contributed by atoms with Crippen LogP contribution in [0.3, 0.4) is 0 Å². The van der Waals surface area contributed by atoms with Gasteiger partial charge in [-0.25, -0.2) is 0 Å². The van der Waals surface area contributed by atoms with Crippen LogP contribution in [0.4, 0.5) is 5.69 Å². The second kappa shape index (κ2) is 4.93. The van der Waals surface area contributed by atoms with Gasteiger partial charge in [0, 0.05) is 31.9 Å². The fourth-order valence-electron chi connectivity index (χ4n) is 3.28. The number of hydrogen-bond acceptors (Lipinski definition) is 2. The van der Waals surface area contributed by atoms with Gasteiger partial charge in [-0.15, -0.1) is 0 Å². The van der Waals surface area contributed by atoms with Crippen molar-refractivity contribution in [3.63, 3.8) is 0 Å². The summed E-state index contributed by atoms with van der Waals surface area (Å²) in [5.41, 5.74) is 4.41. The molecule has 1 aromatic rings. The molecule has 0 unspecified atom stereocenters. The third-order valence-electron chi connectivity index (χ3n) is 4.46. The lowest BCUT2D eigenvalue weighted by atomic mass is 9.82. The summed E-state index contributed by atoms with van der Waals surface area (Å²) in [7, 11) is 2.20. The van der Waals surface area contributed by atoms with Crippen molar-refractivity contribution >= 4 is 5.69 Å². The molecule has 1 fully saturated rings. The van der Waals surface area contributed by atoms with Crippen LogP contribution in [0.2, 0.25) is 0 Å². The van der Waals surface area contributed by atoms with E-state index in [0.29, 0.717) is 0 Å². The largest absolute Gasteiger partial charge is 0.374 e. The van der Waals surface area contributed by atoms with Crippen molar-refractivity contribution in [2.45, 2.75) is 45.2 Å². The van der Waals surface area contributed by atoms with Crippen LogP contribution < -0.4 is 10.2 Å². The topological polar surface area (TPSA) is 15.3 Å². The van der Waals surface area contributed by atoms with Crippen LogP contribution in [0.5, 0.6) is 0 Å². The van der Waals surface area contributed by atoms with Gasteiger partial charge in [-0.1, -0.05) is 19.1 Å². The molecule has 0 atom stereocenters. The van der Waals surface area contributed by atoms with Crippen LogP contribution in [0, 0.1) is 5.92 Å². The second-order valence-corrected chi connectivity index (χ2v) is 6.14. The van der Waals surface area contributed by atoms with Crippen molar-refractivity contribution in [1.82, 2.24) is 5.32 Å². The standard InChI is InChI=1S/C16H24N2/c1-12-8-15(9-12)17-11-13-5-6-16-14(10-13)4-3-7-18(16)2/h5-6,10,12,15,17H,3-4,7-9,11H2,1-2H3. The summed E-state index contributed by atoms with van der Waals surface area (Å²) in [5, 5.41) is 3.67. The molecule has 0 bridgehead atoms. The van der Waals surface area contributed by atoms with Gasteiger partial charge < -0.3 is 10.2 Å².